The van der Waals surface area contributed by atoms with Crippen molar-refractivity contribution in [1.82, 2.24) is 4.90 Å². The van der Waals surface area contributed by atoms with Gasteiger partial charge in [0.1, 0.15) is 9.84 Å². The van der Waals surface area contributed by atoms with Crippen LogP contribution in [-0.4, -0.2) is 56.2 Å². The van der Waals surface area contributed by atoms with E-state index in [0.717, 1.165) is 25.9 Å². The SMILES string of the molecule is CS(=O)(=O)CCCN1CCCC(O)C1. The lowest BCUT2D eigenvalue weighted by Crippen LogP contribution is -2.39. The number of likely N-dealkylation sites (tertiary alicyclic amines) is 1. The topological polar surface area (TPSA) is 57.6 Å². The summed E-state index contributed by atoms with van der Waals surface area (Å²) in [6, 6.07) is 0. The molecular formula is C9H19NO3S. The number of hydrogen-bond acceptors (Lipinski definition) is 4. The summed E-state index contributed by atoms with van der Waals surface area (Å²) in [5.41, 5.74) is 0. The molecule has 14 heavy (non-hydrogen) atoms. The number of sulfone groups is 1. The zero-order valence-corrected chi connectivity index (χ0v) is 9.46. The average Bonchev–Trinajstić information content (AvgIpc) is 2.01. The minimum Gasteiger partial charge on any atom is -0.392 e. The van der Waals surface area contributed by atoms with Gasteiger partial charge in [0.05, 0.1) is 11.9 Å². The van der Waals surface area contributed by atoms with E-state index < -0.39 is 9.84 Å². The van der Waals surface area contributed by atoms with Crippen molar-refractivity contribution >= 4 is 9.84 Å². The Balaban J connectivity index is 2.18. The Bertz CT molecular complexity index is 263. The standard InChI is InChI=1S/C9H19NO3S/c1-14(12,13)7-3-6-10-5-2-4-9(11)8-10/h9,11H,2-8H2,1H3. The third kappa shape index (κ3) is 4.93. The highest BCUT2D eigenvalue weighted by atomic mass is 32.2. The second kappa shape index (κ2) is 5.09. The van der Waals surface area contributed by atoms with Crippen LogP contribution in [0.15, 0.2) is 0 Å². The smallest absolute Gasteiger partial charge is 0.147 e. The molecule has 1 aliphatic rings. The van der Waals surface area contributed by atoms with Crippen molar-refractivity contribution in [2.45, 2.75) is 25.4 Å². The molecular weight excluding hydrogens is 202 g/mol. The molecule has 5 heteroatoms. The zero-order valence-electron chi connectivity index (χ0n) is 8.65. The van der Waals surface area contributed by atoms with Crippen LogP contribution in [0.1, 0.15) is 19.3 Å². The quantitative estimate of drug-likeness (QED) is 0.719. The molecule has 1 N–H and O–H groups in total. The maximum absolute atomic E-state index is 10.9. The summed E-state index contributed by atoms with van der Waals surface area (Å²) in [6.07, 6.45) is 3.61. The van der Waals surface area contributed by atoms with Crippen molar-refractivity contribution in [2.75, 3.05) is 31.6 Å². The van der Waals surface area contributed by atoms with Crippen molar-refractivity contribution in [1.29, 1.82) is 0 Å². The lowest BCUT2D eigenvalue weighted by Gasteiger charge is -2.29. The normalized spacial score (nSPS) is 25.1. The largest absolute Gasteiger partial charge is 0.392 e. The number of hydrogen-bond donors (Lipinski definition) is 1. The van der Waals surface area contributed by atoms with Crippen LogP contribution < -0.4 is 0 Å². The van der Waals surface area contributed by atoms with E-state index in [4.69, 9.17) is 0 Å². The molecule has 0 aliphatic carbocycles. The van der Waals surface area contributed by atoms with Crippen molar-refractivity contribution in [3.8, 4) is 0 Å². The molecule has 0 radical (unpaired) electrons. The van der Waals surface area contributed by atoms with Gasteiger partial charge in [0, 0.05) is 12.8 Å². The predicted octanol–water partition coefficient (Wildman–Crippen LogP) is -0.122. The molecule has 0 amide bonds. The van der Waals surface area contributed by atoms with E-state index in [0.29, 0.717) is 13.0 Å². The number of nitrogens with zero attached hydrogens (tertiary/aromatic N) is 1. The molecule has 1 saturated heterocycles. The van der Waals surface area contributed by atoms with Crippen LogP contribution in [0.5, 0.6) is 0 Å². The molecule has 1 unspecified atom stereocenters. The summed E-state index contributed by atoms with van der Waals surface area (Å²) in [5, 5.41) is 9.38. The predicted molar refractivity (Wildman–Crippen MR) is 56.0 cm³/mol. The second-order valence-corrected chi connectivity index (χ2v) is 6.34. The first-order valence-electron chi connectivity index (χ1n) is 5.05. The van der Waals surface area contributed by atoms with Crippen LogP contribution in [0.25, 0.3) is 0 Å². The van der Waals surface area contributed by atoms with Crippen LogP contribution >= 0.6 is 0 Å². The first-order valence-corrected chi connectivity index (χ1v) is 7.11. The van der Waals surface area contributed by atoms with Crippen molar-refractivity contribution in [2.24, 2.45) is 0 Å². The molecule has 1 fully saturated rings. The highest BCUT2D eigenvalue weighted by Crippen LogP contribution is 2.09. The van der Waals surface area contributed by atoms with Crippen LogP contribution in [0.2, 0.25) is 0 Å². The first kappa shape index (κ1) is 11.9. The van der Waals surface area contributed by atoms with E-state index in [9.17, 15) is 13.5 Å². The molecule has 1 rings (SSSR count). The summed E-state index contributed by atoms with van der Waals surface area (Å²) in [5.74, 6) is 0.250. The molecule has 84 valence electrons. The molecule has 4 nitrogen and oxygen atoms in total. The van der Waals surface area contributed by atoms with Gasteiger partial charge in [0.25, 0.3) is 0 Å². The number of β-amino-alcohol motifs (C(OH)–C–C–N with tert-alkyl or cyclic N) is 1. The minimum atomic E-state index is -2.83. The fraction of sp³-hybridized carbons (Fsp3) is 1.00. The molecule has 0 aromatic rings. The molecule has 0 spiro atoms. The van der Waals surface area contributed by atoms with Gasteiger partial charge in [-0.1, -0.05) is 0 Å². The number of aliphatic hydroxyl groups is 1. The van der Waals surface area contributed by atoms with E-state index in [-0.39, 0.29) is 11.9 Å². The van der Waals surface area contributed by atoms with Crippen molar-refractivity contribution in [3.63, 3.8) is 0 Å². The monoisotopic (exact) mass is 221 g/mol. The third-order valence-electron chi connectivity index (χ3n) is 2.47. The Hall–Kier alpha value is -0.130. The molecule has 0 aromatic carbocycles. The summed E-state index contributed by atoms with van der Waals surface area (Å²) >= 11 is 0. The van der Waals surface area contributed by atoms with Gasteiger partial charge in [-0.2, -0.15) is 0 Å². The van der Waals surface area contributed by atoms with E-state index in [1.165, 1.54) is 6.26 Å². The Morgan fingerprint density at radius 3 is 2.79 bits per heavy atom. The van der Waals surface area contributed by atoms with Gasteiger partial charge in [0.2, 0.25) is 0 Å². The minimum absolute atomic E-state index is 0.220. The van der Waals surface area contributed by atoms with Gasteiger partial charge in [0.15, 0.2) is 0 Å². The maximum atomic E-state index is 10.9. The van der Waals surface area contributed by atoms with Gasteiger partial charge in [-0.05, 0) is 32.4 Å². The van der Waals surface area contributed by atoms with E-state index in [1.807, 2.05) is 0 Å². The van der Waals surface area contributed by atoms with Crippen molar-refractivity contribution < 1.29 is 13.5 Å². The molecule has 0 saturated carbocycles. The van der Waals surface area contributed by atoms with Crippen LogP contribution in [-0.2, 0) is 9.84 Å². The zero-order chi connectivity index (χ0) is 10.6. The summed E-state index contributed by atoms with van der Waals surface area (Å²) in [6.45, 7) is 2.47. The van der Waals surface area contributed by atoms with E-state index >= 15 is 0 Å². The first-order chi connectivity index (χ1) is 6.47. The molecule has 1 atom stereocenters. The number of rotatable bonds is 4. The van der Waals surface area contributed by atoms with Crippen LogP contribution in [0, 0.1) is 0 Å². The summed E-state index contributed by atoms with van der Waals surface area (Å²) in [7, 11) is -2.83. The van der Waals surface area contributed by atoms with Crippen LogP contribution in [0.4, 0.5) is 0 Å². The van der Waals surface area contributed by atoms with E-state index in [2.05, 4.69) is 4.90 Å². The Morgan fingerprint density at radius 2 is 2.21 bits per heavy atom. The fourth-order valence-electron chi connectivity index (χ4n) is 1.78. The Kier molecular flexibility index (Phi) is 4.34. The van der Waals surface area contributed by atoms with Gasteiger partial charge >= 0.3 is 0 Å². The molecule has 0 bridgehead atoms. The van der Waals surface area contributed by atoms with E-state index in [1.54, 1.807) is 0 Å². The fourth-order valence-corrected chi connectivity index (χ4v) is 2.44. The lowest BCUT2D eigenvalue weighted by molar-refractivity contribution is 0.0710. The van der Waals surface area contributed by atoms with Crippen LogP contribution in [0.3, 0.4) is 0 Å². The highest BCUT2D eigenvalue weighted by molar-refractivity contribution is 7.90. The Morgan fingerprint density at radius 1 is 1.50 bits per heavy atom. The number of piperidine rings is 1. The highest BCUT2D eigenvalue weighted by Gasteiger charge is 2.17. The summed E-state index contributed by atoms with van der Waals surface area (Å²) in [4.78, 5) is 2.14. The van der Waals surface area contributed by atoms with Crippen molar-refractivity contribution in [3.05, 3.63) is 0 Å². The van der Waals surface area contributed by atoms with Gasteiger partial charge < -0.3 is 10.0 Å². The molecule has 0 aromatic heterocycles. The Labute approximate surface area is 85.8 Å². The van der Waals surface area contributed by atoms with Gasteiger partial charge in [-0.3, -0.25) is 0 Å². The van der Waals surface area contributed by atoms with Gasteiger partial charge in [-0.15, -0.1) is 0 Å². The third-order valence-corrected chi connectivity index (χ3v) is 3.50. The number of aliphatic hydroxyl groups excluding tert-OH is 1. The summed E-state index contributed by atoms with van der Waals surface area (Å²) < 4.78 is 21.7. The average molecular weight is 221 g/mol. The van der Waals surface area contributed by atoms with Gasteiger partial charge in [-0.25, -0.2) is 8.42 Å². The molecule has 1 aliphatic heterocycles. The lowest BCUT2D eigenvalue weighted by atomic mass is 10.1. The molecule has 1 heterocycles. The second-order valence-electron chi connectivity index (χ2n) is 4.08. The maximum Gasteiger partial charge on any atom is 0.147 e.